The minimum Gasteiger partial charge on any atom is -0.486 e. The molecule has 5 heteroatoms. The van der Waals surface area contributed by atoms with Gasteiger partial charge in [0.2, 0.25) is 0 Å². The highest BCUT2D eigenvalue weighted by Crippen LogP contribution is 2.28. The van der Waals surface area contributed by atoms with Crippen molar-refractivity contribution in [1.82, 2.24) is 14.8 Å². The first-order valence-corrected chi connectivity index (χ1v) is 9.16. The predicted molar refractivity (Wildman–Crippen MR) is 102 cm³/mol. The largest absolute Gasteiger partial charge is 0.486 e. The Kier molecular flexibility index (Phi) is 4.24. The van der Waals surface area contributed by atoms with Crippen molar-refractivity contribution in [1.29, 1.82) is 0 Å². The van der Waals surface area contributed by atoms with Crippen LogP contribution in [0, 0.1) is 6.92 Å². The monoisotopic (exact) mass is 349 g/mol. The van der Waals surface area contributed by atoms with Crippen molar-refractivity contribution >= 4 is 21.6 Å². The SMILES string of the molecule is CCn1nccc1-c1ccc(OCc2nc3ccccc3s2)cc1C. The Bertz CT molecular complexity index is 986. The van der Waals surface area contributed by atoms with Crippen LogP contribution in [-0.4, -0.2) is 14.8 Å². The average Bonchev–Trinajstić information content (AvgIpc) is 3.26. The van der Waals surface area contributed by atoms with Gasteiger partial charge in [0.05, 0.1) is 15.9 Å². The normalized spacial score (nSPS) is 11.1. The molecule has 4 nitrogen and oxygen atoms in total. The van der Waals surface area contributed by atoms with Gasteiger partial charge in [0.1, 0.15) is 17.4 Å². The molecule has 25 heavy (non-hydrogen) atoms. The topological polar surface area (TPSA) is 39.9 Å². The maximum absolute atomic E-state index is 5.96. The molecule has 0 aliphatic rings. The van der Waals surface area contributed by atoms with Gasteiger partial charge in [-0.2, -0.15) is 5.10 Å². The van der Waals surface area contributed by atoms with Crippen molar-refractivity contribution in [2.24, 2.45) is 0 Å². The minimum absolute atomic E-state index is 0.491. The highest BCUT2D eigenvalue weighted by atomic mass is 32.1. The molecule has 4 aromatic rings. The molecule has 2 aromatic carbocycles. The summed E-state index contributed by atoms with van der Waals surface area (Å²) in [5, 5.41) is 5.34. The number of benzene rings is 2. The van der Waals surface area contributed by atoms with Gasteiger partial charge in [0.15, 0.2) is 0 Å². The quantitative estimate of drug-likeness (QED) is 0.505. The Morgan fingerprint density at radius 3 is 2.80 bits per heavy atom. The van der Waals surface area contributed by atoms with Gasteiger partial charge >= 0.3 is 0 Å². The second kappa shape index (κ2) is 6.69. The number of aromatic nitrogens is 3. The van der Waals surface area contributed by atoms with Crippen LogP contribution in [0.1, 0.15) is 17.5 Å². The first kappa shape index (κ1) is 15.8. The summed E-state index contributed by atoms with van der Waals surface area (Å²) in [6.45, 7) is 5.55. The number of thiazole rings is 1. The molecule has 0 radical (unpaired) electrons. The van der Waals surface area contributed by atoms with Crippen molar-refractivity contribution in [3.05, 3.63) is 65.3 Å². The standard InChI is InChI=1S/C20H19N3OS/c1-3-23-18(10-11-21-23)16-9-8-15(12-14(16)2)24-13-20-22-17-6-4-5-7-19(17)25-20/h4-12H,3,13H2,1-2H3. The summed E-state index contributed by atoms with van der Waals surface area (Å²) in [6.07, 6.45) is 1.84. The summed E-state index contributed by atoms with van der Waals surface area (Å²) in [4.78, 5) is 4.61. The maximum atomic E-state index is 5.96. The zero-order valence-corrected chi connectivity index (χ0v) is 15.1. The zero-order chi connectivity index (χ0) is 17.2. The number of para-hydroxylation sites is 1. The number of nitrogens with zero attached hydrogens (tertiary/aromatic N) is 3. The molecule has 0 fully saturated rings. The van der Waals surface area contributed by atoms with Crippen molar-refractivity contribution < 1.29 is 4.74 Å². The van der Waals surface area contributed by atoms with Crippen LogP contribution in [0.4, 0.5) is 0 Å². The van der Waals surface area contributed by atoms with Gasteiger partial charge in [-0.15, -0.1) is 11.3 Å². The van der Waals surface area contributed by atoms with E-state index in [9.17, 15) is 0 Å². The van der Waals surface area contributed by atoms with Crippen LogP contribution in [0.5, 0.6) is 5.75 Å². The van der Waals surface area contributed by atoms with Crippen molar-refractivity contribution in [3.8, 4) is 17.0 Å². The van der Waals surface area contributed by atoms with E-state index in [1.807, 2.05) is 41.2 Å². The molecule has 0 aliphatic carbocycles. The zero-order valence-electron chi connectivity index (χ0n) is 14.3. The molecule has 0 amide bonds. The minimum atomic E-state index is 0.491. The molecule has 0 unspecified atom stereocenters. The number of aryl methyl sites for hydroxylation is 2. The van der Waals surface area contributed by atoms with Crippen molar-refractivity contribution in [3.63, 3.8) is 0 Å². The predicted octanol–water partition coefficient (Wildman–Crippen LogP) is 5.07. The number of rotatable bonds is 5. The fourth-order valence-electron chi connectivity index (χ4n) is 2.95. The van der Waals surface area contributed by atoms with Crippen molar-refractivity contribution in [2.45, 2.75) is 27.0 Å². The first-order valence-electron chi connectivity index (χ1n) is 8.34. The average molecular weight is 349 g/mol. The van der Waals surface area contributed by atoms with E-state index in [4.69, 9.17) is 4.74 Å². The fourth-order valence-corrected chi connectivity index (χ4v) is 3.83. The molecule has 0 saturated carbocycles. The van der Waals surface area contributed by atoms with Crippen LogP contribution >= 0.6 is 11.3 Å². The molecule has 0 saturated heterocycles. The lowest BCUT2D eigenvalue weighted by atomic mass is 10.1. The van der Waals surface area contributed by atoms with Gasteiger partial charge in [0, 0.05) is 18.3 Å². The van der Waals surface area contributed by atoms with E-state index in [1.165, 1.54) is 15.8 Å². The lowest BCUT2D eigenvalue weighted by Gasteiger charge is -2.11. The third-order valence-electron chi connectivity index (χ3n) is 4.19. The van der Waals surface area contributed by atoms with Gasteiger partial charge in [-0.25, -0.2) is 4.98 Å². The molecule has 0 bridgehead atoms. The van der Waals surface area contributed by atoms with Crippen molar-refractivity contribution in [2.75, 3.05) is 0 Å². The Morgan fingerprint density at radius 2 is 2.00 bits per heavy atom. The summed E-state index contributed by atoms with van der Waals surface area (Å²) in [5.74, 6) is 0.864. The van der Waals surface area contributed by atoms with E-state index in [0.29, 0.717) is 6.61 Å². The number of hydrogen-bond acceptors (Lipinski definition) is 4. The second-order valence-corrected chi connectivity index (χ2v) is 6.99. The third kappa shape index (κ3) is 3.15. The summed E-state index contributed by atoms with van der Waals surface area (Å²) in [6, 6.07) is 16.4. The summed E-state index contributed by atoms with van der Waals surface area (Å²) in [5.41, 5.74) is 4.53. The van der Waals surface area contributed by atoms with E-state index < -0.39 is 0 Å². The second-order valence-electron chi connectivity index (χ2n) is 5.87. The van der Waals surface area contributed by atoms with Gasteiger partial charge in [-0.05, 0) is 55.8 Å². The van der Waals surface area contributed by atoms with Crippen LogP contribution in [0.2, 0.25) is 0 Å². The number of hydrogen-bond donors (Lipinski definition) is 0. The molecule has 0 N–H and O–H groups in total. The molecular weight excluding hydrogens is 330 g/mol. The van der Waals surface area contributed by atoms with Gasteiger partial charge in [-0.1, -0.05) is 12.1 Å². The van der Waals surface area contributed by atoms with Crippen LogP contribution in [0.15, 0.2) is 54.7 Å². The Labute approximate surface area is 150 Å². The van der Waals surface area contributed by atoms with Crippen LogP contribution in [-0.2, 0) is 13.2 Å². The van der Waals surface area contributed by atoms with Gasteiger partial charge in [-0.3, -0.25) is 4.68 Å². The summed E-state index contributed by atoms with van der Waals surface area (Å²) < 4.78 is 9.16. The lowest BCUT2D eigenvalue weighted by molar-refractivity contribution is 0.305. The summed E-state index contributed by atoms with van der Waals surface area (Å²) >= 11 is 1.68. The van der Waals surface area contributed by atoms with Crippen LogP contribution < -0.4 is 4.74 Å². The molecular formula is C20H19N3OS. The first-order chi connectivity index (χ1) is 12.2. The van der Waals surface area contributed by atoms with E-state index >= 15 is 0 Å². The smallest absolute Gasteiger partial charge is 0.140 e. The Hall–Kier alpha value is -2.66. The number of fused-ring (bicyclic) bond motifs is 1. The molecule has 0 spiro atoms. The molecule has 0 atom stereocenters. The lowest BCUT2D eigenvalue weighted by Crippen LogP contribution is -2.00. The molecule has 126 valence electrons. The van der Waals surface area contributed by atoms with E-state index in [0.717, 1.165) is 28.5 Å². The maximum Gasteiger partial charge on any atom is 0.140 e. The van der Waals surface area contributed by atoms with E-state index in [-0.39, 0.29) is 0 Å². The molecule has 0 aliphatic heterocycles. The number of ether oxygens (including phenoxy) is 1. The highest BCUT2D eigenvalue weighted by Gasteiger charge is 2.09. The molecule has 2 aromatic heterocycles. The van der Waals surface area contributed by atoms with E-state index in [2.05, 4.69) is 42.1 Å². The van der Waals surface area contributed by atoms with Gasteiger partial charge < -0.3 is 4.74 Å². The third-order valence-corrected chi connectivity index (χ3v) is 5.20. The van der Waals surface area contributed by atoms with Crippen LogP contribution in [0.3, 0.4) is 0 Å². The Balaban J connectivity index is 1.52. The fraction of sp³-hybridized carbons (Fsp3) is 0.200. The van der Waals surface area contributed by atoms with Crippen LogP contribution in [0.25, 0.3) is 21.5 Å². The highest BCUT2D eigenvalue weighted by molar-refractivity contribution is 7.18. The van der Waals surface area contributed by atoms with Gasteiger partial charge in [0.25, 0.3) is 0 Å². The Morgan fingerprint density at radius 1 is 1.12 bits per heavy atom. The molecule has 2 heterocycles. The van der Waals surface area contributed by atoms with E-state index in [1.54, 1.807) is 11.3 Å². The molecule has 4 rings (SSSR count). The summed E-state index contributed by atoms with van der Waals surface area (Å²) in [7, 11) is 0.